The molecule has 0 aliphatic carbocycles. The maximum atomic E-state index is 3.77. The van der Waals surface area contributed by atoms with E-state index in [1.54, 1.807) is 0 Å². The van der Waals surface area contributed by atoms with Gasteiger partial charge in [-0.2, -0.15) is 0 Å². The van der Waals surface area contributed by atoms with Gasteiger partial charge in [0.1, 0.15) is 0 Å². The number of amidine groups is 1. The molecule has 0 atom stereocenters. The Labute approximate surface area is 65.5 Å². The Morgan fingerprint density at radius 2 is 2.60 bits per heavy atom. The molecule has 0 unspecified atom stereocenters. The van der Waals surface area contributed by atoms with Crippen LogP contribution in [0.1, 0.15) is 6.42 Å². The van der Waals surface area contributed by atoms with Gasteiger partial charge in [0.05, 0.1) is 19.6 Å². The fourth-order valence-corrected chi connectivity index (χ4v) is 1.63. The molecule has 0 aromatic heterocycles. The van der Waals surface area contributed by atoms with E-state index in [1.807, 2.05) is 11.8 Å². The maximum absolute atomic E-state index is 3.77. The molecular weight excluding hydrogens is 146 g/mol. The highest BCUT2D eigenvalue weighted by molar-refractivity contribution is 8.13. The molecule has 1 aliphatic heterocycles. The molecule has 0 bridgehead atoms. The highest BCUT2D eigenvalue weighted by Crippen LogP contribution is 1.97. The van der Waals surface area contributed by atoms with Crippen LogP contribution in [0.2, 0.25) is 0 Å². The van der Waals surface area contributed by atoms with Crippen molar-refractivity contribution in [2.24, 2.45) is 0 Å². The van der Waals surface area contributed by atoms with Crippen LogP contribution < -0.4 is 16.0 Å². The average molecular weight is 161 g/mol. The summed E-state index contributed by atoms with van der Waals surface area (Å²) >= 11 is 1.87. The molecule has 0 radical (unpaired) electrons. The molecule has 0 aromatic carbocycles. The molecule has 1 heterocycles. The van der Waals surface area contributed by atoms with Crippen LogP contribution in [0.3, 0.4) is 0 Å². The average Bonchev–Trinajstić information content (AvgIpc) is 2.41. The second kappa shape index (κ2) is 4.57. The zero-order chi connectivity index (χ0) is 7.23. The van der Waals surface area contributed by atoms with E-state index in [0.717, 1.165) is 26.1 Å². The Morgan fingerprint density at radius 1 is 1.70 bits per heavy atom. The van der Waals surface area contributed by atoms with Crippen molar-refractivity contribution >= 4 is 16.9 Å². The van der Waals surface area contributed by atoms with Crippen molar-refractivity contribution in [3.63, 3.8) is 0 Å². The number of nitrogens with one attached hydrogen (secondary N) is 2. The number of hydrogen-bond acceptors (Lipinski definition) is 2. The highest BCUT2D eigenvalue weighted by Gasteiger charge is 2.11. The molecule has 5 N–H and O–H groups in total. The number of hydrogen-bond donors (Lipinski definition) is 3. The smallest absolute Gasteiger partial charge is 0.304 e. The predicted octanol–water partition coefficient (Wildman–Crippen LogP) is -2.61. The van der Waals surface area contributed by atoms with Crippen molar-refractivity contribution < 1.29 is 10.7 Å². The van der Waals surface area contributed by atoms with Crippen LogP contribution in [-0.4, -0.2) is 30.6 Å². The van der Waals surface area contributed by atoms with Gasteiger partial charge in [0, 0.05) is 12.2 Å². The monoisotopic (exact) mass is 161 g/mol. The zero-order valence-electron chi connectivity index (χ0n) is 6.15. The first kappa shape index (κ1) is 7.88. The molecule has 0 fully saturated rings. The maximum Gasteiger partial charge on any atom is 0.304 e. The summed E-state index contributed by atoms with van der Waals surface area (Å²) in [4.78, 5) is 3.26. The summed E-state index contributed by atoms with van der Waals surface area (Å²) < 4.78 is 0. The van der Waals surface area contributed by atoms with Gasteiger partial charge in [0.25, 0.3) is 0 Å². The topological polar surface area (TPSA) is 53.6 Å². The number of quaternary nitrogens is 1. The largest absolute Gasteiger partial charge is 0.357 e. The quantitative estimate of drug-likeness (QED) is 0.397. The van der Waals surface area contributed by atoms with E-state index in [-0.39, 0.29) is 0 Å². The van der Waals surface area contributed by atoms with Gasteiger partial charge in [0.2, 0.25) is 0 Å². The van der Waals surface area contributed by atoms with Crippen molar-refractivity contribution in [3.8, 4) is 0 Å². The molecule has 3 nitrogen and oxygen atoms in total. The van der Waals surface area contributed by atoms with Crippen LogP contribution in [0.25, 0.3) is 0 Å². The van der Waals surface area contributed by atoms with Crippen LogP contribution in [0.4, 0.5) is 0 Å². The minimum atomic E-state index is 1.02. The first-order chi connectivity index (χ1) is 4.93. The lowest BCUT2D eigenvalue weighted by atomic mass is 10.4. The minimum Gasteiger partial charge on any atom is -0.357 e. The SMILES string of the molecule is [NH3+]CCCNC1=[NH+]CCS1. The molecular formula is C6H15N3S+2. The van der Waals surface area contributed by atoms with Crippen molar-refractivity contribution in [2.45, 2.75) is 6.42 Å². The Hall–Kier alpha value is -0.220. The molecule has 10 heavy (non-hydrogen) atoms. The lowest BCUT2D eigenvalue weighted by Crippen LogP contribution is -2.72. The summed E-state index contributed by atoms with van der Waals surface area (Å²) in [5.74, 6) is 1.20. The van der Waals surface area contributed by atoms with Gasteiger partial charge in [0.15, 0.2) is 0 Å². The molecule has 0 spiro atoms. The van der Waals surface area contributed by atoms with Gasteiger partial charge < -0.3 is 5.73 Å². The summed E-state index contributed by atoms with van der Waals surface area (Å²) in [5, 5.41) is 4.55. The molecule has 0 amide bonds. The minimum absolute atomic E-state index is 1.02. The molecule has 0 saturated heterocycles. The summed E-state index contributed by atoms with van der Waals surface area (Å²) in [6.45, 7) is 3.18. The van der Waals surface area contributed by atoms with Gasteiger partial charge in [-0.1, -0.05) is 0 Å². The Kier molecular flexibility index (Phi) is 3.60. The molecule has 1 rings (SSSR count). The van der Waals surface area contributed by atoms with E-state index in [4.69, 9.17) is 0 Å². The van der Waals surface area contributed by atoms with E-state index < -0.39 is 0 Å². The lowest BCUT2D eigenvalue weighted by molar-refractivity contribution is -0.446. The first-order valence-corrected chi connectivity index (χ1v) is 4.69. The van der Waals surface area contributed by atoms with E-state index in [0.29, 0.717) is 0 Å². The van der Waals surface area contributed by atoms with E-state index in [9.17, 15) is 0 Å². The van der Waals surface area contributed by atoms with E-state index in [1.165, 1.54) is 10.9 Å². The third-order valence-electron chi connectivity index (χ3n) is 1.35. The molecule has 1 aliphatic rings. The van der Waals surface area contributed by atoms with Crippen LogP contribution in [0.5, 0.6) is 0 Å². The lowest BCUT2D eigenvalue weighted by Gasteiger charge is -1.93. The zero-order valence-corrected chi connectivity index (χ0v) is 6.97. The van der Waals surface area contributed by atoms with Crippen LogP contribution in [-0.2, 0) is 0 Å². The normalized spacial score (nSPS) is 17.1. The second-order valence-electron chi connectivity index (χ2n) is 2.24. The number of thioether (sulfide) groups is 1. The summed E-state index contributed by atoms with van der Waals surface area (Å²) in [5.41, 5.74) is 3.77. The predicted molar refractivity (Wildman–Crippen MR) is 43.7 cm³/mol. The summed E-state index contributed by atoms with van der Waals surface area (Å²) in [7, 11) is 0. The molecule has 0 saturated carbocycles. The first-order valence-electron chi connectivity index (χ1n) is 3.70. The second-order valence-corrected chi connectivity index (χ2v) is 3.34. The van der Waals surface area contributed by atoms with Crippen molar-refractivity contribution in [2.75, 3.05) is 25.4 Å². The van der Waals surface area contributed by atoms with Gasteiger partial charge >= 0.3 is 5.17 Å². The van der Waals surface area contributed by atoms with Crippen molar-refractivity contribution in [1.29, 1.82) is 0 Å². The van der Waals surface area contributed by atoms with Crippen molar-refractivity contribution in [3.05, 3.63) is 0 Å². The van der Waals surface area contributed by atoms with Crippen LogP contribution >= 0.6 is 11.8 Å². The third kappa shape index (κ3) is 2.58. The van der Waals surface area contributed by atoms with Gasteiger partial charge in [-0.05, 0) is 11.8 Å². The molecule has 0 aromatic rings. The van der Waals surface area contributed by atoms with Gasteiger partial charge in [-0.3, -0.25) is 10.3 Å². The number of rotatable bonds is 3. The van der Waals surface area contributed by atoms with Crippen molar-refractivity contribution in [1.82, 2.24) is 5.32 Å². The molecule has 4 heteroatoms. The fourth-order valence-electron chi connectivity index (χ4n) is 0.809. The van der Waals surface area contributed by atoms with E-state index in [2.05, 4.69) is 16.0 Å². The molecule has 58 valence electrons. The Morgan fingerprint density at radius 3 is 3.20 bits per heavy atom. The van der Waals surface area contributed by atoms with Crippen LogP contribution in [0.15, 0.2) is 0 Å². The Bertz CT molecular complexity index is 124. The van der Waals surface area contributed by atoms with Gasteiger partial charge in [-0.15, -0.1) is 0 Å². The summed E-state index contributed by atoms with van der Waals surface area (Å²) in [6, 6.07) is 0. The van der Waals surface area contributed by atoms with E-state index >= 15 is 0 Å². The van der Waals surface area contributed by atoms with Crippen LogP contribution in [0, 0.1) is 0 Å². The highest BCUT2D eigenvalue weighted by atomic mass is 32.2. The third-order valence-corrected chi connectivity index (χ3v) is 2.33. The summed E-state index contributed by atoms with van der Waals surface area (Å²) in [6.07, 6.45) is 1.16. The Balaban J connectivity index is 2.01. The fraction of sp³-hybridized carbons (Fsp3) is 0.833. The van der Waals surface area contributed by atoms with Gasteiger partial charge in [-0.25, -0.2) is 0 Å². The standard InChI is InChI=1S/C6H13N3S/c7-2-1-3-8-6-9-4-5-10-6/h1-5,7H2,(H,8,9)/p+2.